The Morgan fingerprint density at radius 3 is 2.71 bits per heavy atom. The third-order valence-corrected chi connectivity index (χ3v) is 4.85. The minimum Gasteiger partial charge on any atom is -0.363 e. The van der Waals surface area contributed by atoms with Gasteiger partial charge in [-0.05, 0) is 24.5 Å². The van der Waals surface area contributed by atoms with Crippen LogP contribution in [0.15, 0.2) is 24.3 Å². The Labute approximate surface area is 145 Å². The number of rotatable bonds is 6. The van der Waals surface area contributed by atoms with E-state index in [1.54, 1.807) is 0 Å². The summed E-state index contributed by atoms with van der Waals surface area (Å²) in [5.41, 5.74) is 5.41. The molecule has 24 heavy (non-hydrogen) atoms. The molecule has 0 radical (unpaired) electrons. The van der Waals surface area contributed by atoms with Crippen molar-refractivity contribution in [3.05, 3.63) is 46.6 Å². The number of hydrogen-bond donors (Lipinski definition) is 1. The topological polar surface area (TPSA) is 36.3 Å². The average Bonchev–Trinajstić information content (AvgIpc) is 2.85. The minimum atomic E-state index is 0.873. The molecule has 130 valence electrons. The van der Waals surface area contributed by atoms with Crippen molar-refractivity contribution >= 4 is 5.82 Å². The van der Waals surface area contributed by atoms with E-state index in [1.165, 1.54) is 28.9 Å². The molecule has 0 bridgehead atoms. The molecule has 3 rings (SSSR count). The number of nitrogens with zero attached hydrogens (tertiary/aromatic N) is 4. The summed E-state index contributed by atoms with van der Waals surface area (Å²) in [7, 11) is 6.16. The first-order chi connectivity index (χ1) is 11.6. The SMILES string of the molecule is Cc1nn(C)c(N(C)C)c1CNCCN1CCc2ccccc2C1. The van der Waals surface area contributed by atoms with Crippen molar-refractivity contribution in [3.8, 4) is 0 Å². The largest absolute Gasteiger partial charge is 0.363 e. The molecule has 2 aromatic rings. The van der Waals surface area contributed by atoms with Crippen molar-refractivity contribution in [2.24, 2.45) is 7.05 Å². The van der Waals surface area contributed by atoms with Gasteiger partial charge in [0.05, 0.1) is 5.69 Å². The highest BCUT2D eigenvalue weighted by molar-refractivity contribution is 5.48. The summed E-state index contributed by atoms with van der Waals surface area (Å²) in [4.78, 5) is 4.68. The van der Waals surface area contributed by atoms with Crippen LogP contribution in [0, 0.1) is 6.92 Å². The zero-order valence-electron chi connectivity index (χ0n) is 15.3. The maximum Gasteiger partial charge on any atom is 0.130 e. The highest BCUT2D eigenvalue weighted by Gasteiger charge is 2.16. The van der Waals surface area contributed by atoms with Gasteiger partial charge >= 0.3 is 0 Å². The second-order valence-electron chi connectivity index (χ2n) is 6.88. The van der Waals surface area contributed by atoms with E-state index in [0.29, 0.717) is 0 Å². The molecular formula is C19H29N5. The normalized spacial score (nSPS) is 14.7. The zero-order valence-corrected chi connectivity index (χ0v) is 15.3. The third kappa shape index (κ3) is 3.62. The van der Waals surface area contributed by atoms with Crippen LogP contribution in [0.2, 0.25) is 0 Å². The van der Waals surface area contributed by atoms with Crippen molar-refractivity contribution in [3.63, 3.8) is 0 Å². The molecule has 1 aliphatic heterocycles. The number of nitrogens with one attached hydrogen (secondary N) is 1. The van der Waals surface area contributed by atoms with Gasteiger partial charge in [-0.25, -0.2) is 0 Å². The highest BCUT2D eigenvalue weighted by atomic mass is 15.4. The Kier molecular flexibility index (Phi) is 5.21. The first kappa shape index (κ1) is 17.0. The van der Waals surface area contributed by atoms with Crippen molar-refractivity contribution in [2.45, 2.75) is 26.4 Å². The quantitative estimate of drug-likeness (QED) is 0.823. The summed E-state index contributed by atoms with van der Waals surface area (Å²) >= 11 is 0. The van der Waals surface area contributed by atoms with Gasteiger partial charge < -0.3 is 10.2 Å². The van der Waals surface area contributed by atoms with Crippen LogP contribution in [-0.4, -0.2) is 48.4 Å². The second kappa shape index (κ2) is 7.36. The van der Waals surface area contributed by atoms with E-state index in [0.717, 1.165) is 38.4 Å². The predicted molar refractivity (Wildman–Crippen MR) is 99.4 cm³/mol. The van der Waals surface area contributed by atoms with Crippen molar-refractivity contribution < 1.29 is 0 Å². The number of aryl methyl sites for hydroxylation is 2. The first-order valence-corrected chi connectivity index (χ1v) is 8.76. The lowest BCUT2D eigenvalue weighted by Crippen LogP contribution is -2.36. The van der Waals surface area contributed by atoms with E-state index in [1.807, 2.05) is 11.7 Å². The lowest BCUT2D eigenvalue weighted by molar-refractivity contribution is 0.254. The molecule has 0 unspecified atom stereocenters. The number of aromatic nitrogens is 2. The van der Waals surface area contributed by atoms with Gasteiger partial charge in [0.2, 0.25) is 0 Å². The Morgan fingerprint density at radius 1 is 1.21 bits per heavy atom. The molecule has 0 spiro atoms. The fourth-order valence-corrected chi connectivity index (χ4v) is 3.65. The zero-order chi connectivity index (χ0) is 17.1. The summed E-state index contributed by atoms with van der Waals surface area (Å²) in [6.45, 7) is 7.29. The number of benzene rings is 1. The average molecular weight is 327 g/mol. The van der Waals surface area contributed by atoms with E-state index in [9.17, 15) is 0 Å². The molecule has 0 amide bonds. The fourth-order valence-electron chi connectivity index (χ4n) is 3.65. The molecule has 0 atom stereocenters. The van der Waals surface area contributed by atoms with Crippen molar-refractivity contribution in [1.82, 2.24) is 20.0 Å². The Bertz CT molecular complexity index is 689. The molecule has 1 aromatic heterocycles. The predicted octanol–water partition coefficient (Wildman–Crippen LogP) is 1.94. The van der Waals surface area contributed by atoms with Crippen LogP contribution >= 0.6 is 0 Å². The van der Waals surface area contributed by atoms with Crippen LogP contribution < -0.4 is 10.2 Å². The minimum absolute atomic E-state index is 0.873. The molecule has 1 N–H and O–H groups in total. The molecule has 5 nitrogen and oxygen atoms in total. The van der Waals surface area contributed by atoms with Gasteiger partial charge in [0, 0.05) is 59.4 Å². The van der Waals surface area contributed by atoms with E-state index >= 15 is 0 Å². The molecular weight excluding hydrogens is 298 g/mol. The van der Waals surface area contributed by atoms with E-state index in [2.05, 4.69) is 65.5 Å². The fraction of sp³-hybridized carbons (Fsp3) is 0.526. The lowest BCUT2D eigenvalue weighted by Gasteiger charge is -2.28. The molecule has 1 aliphatic rings. The number of anilines is 1. The van der Waals surface area contributed by atoms with Gasteiger partial charge in [0.1, 0.15) is 5.82 Å². The van der Waals surface area contributed by atoms with Gasteiger partial charge in [-0.1, -0.05) is 24.3 Å². The molecule has 5 heteroatoms. The standard InChI is InChI=1S/C19H29N5/c1-15-18(19(22(2)3)23(4)21-15)13-20-10-12-24-11-9-16-7-5-6-8-17(16)14-24/h5-8,20H,9-14H2,1-4H3. The smallest absolute Gasteiger partial charge is 0.130 e. The lowest BCUT2D eigenvalue weighted by atomic mass is 10.00. The summed E-state index contributed by atoms with van der Waals surface area (Å²) in [5, 5.41) is 8.15. The Morgan fingerprint density at radius 2 is 1.96 bits per heavy atom. The Balaban J connectivity index is 1.50. The van der Waals surface area contributed by atoms with Crippen molar-refractivity contribution in [2.75, 3.05) is 38.6 Å². The van der Waals surface area contributed by atoms with E-state index in [-0.39, 0.29) is 0 Å². The van der Waals surface area contributed by atoms with Gasteiger partial charge in [0.25, 0.3) is 0 Å². The summed E-state index contributed by atoms with van der Waals surface area (Å²) < 4.78 is 1.97. The molecule has 0 aliphatic carbocycles. The maximum atomic E-state index is 4.55. The second-order valence-corrected chi connectivity index (χ2v) is 6.88. The van der Waals surface area contributed by atoms with Gasteiger partial charge in [0.15, 0.2) is 0 Å². The highest BCUT2D eigenvalue weighted by Crippen LogP contribution is 2.21. The van der Waals surface area contributed by atoms with Crippen molar-refractivity contribution in [1.29, 1.82) is 0 Å². The third-order valence-electron chi connectivity index (χ3n) is 4.85. The van der Waals surface area contributed by atoms with Crippen LogP contribution in [0.5, 0.6) is 0 Å². The molecule has 0 saturated heterocycles. The van der Waals surface area contributed by atoms with Crippen LogP contribution in [0.4, 0.5) is 5.82 Å². The number of hydrogen-bond acceptors (Lipinski definition) is 4. The monoisotopic (exact) mass is 327 g/mol. The summed E-state index contributed by atoms with van der Waals surface area (Å²) in [5.74, 6) is 1.19. The Hall–Kier alpha value is -1.85. The molecule has 0 fully saturated rings. The maximum absolute atomic E-state index is 4.55. The van der Waals surface area contributed by atoms with Crippen LogP contribution in [0.1, 0.15) is 22.4 Å². The van der Waals surface area contributed by atoms with E-state index in [4.69, 9.17) is 0 Å². The molecule has 2 heterocycles. The van der Waals surface area contributed by atoms with Gasteiger partial charge in [-0.15, -0.1) is 0 Å². The molecule has 0 saturated carbocycles. The number of fused-ring (bicyclic) bond motifs is 1. The summed E-state index contributed by atoms with van der Waals surface area (Å²) in [6, 6.07) is 8.82. The first-order valence-electron chi connectivity index (χ1n) is 8.76. The van der Waals surface area contributed by atoms with E-state index < -0.39 is 0 Å². The summed E-state index contributed by atoms with van der Waals surface area (Å²) in [6.07, 6.45) is 1.17. The molecule has 1 aromatic carbocycles. The van der Waals surface area contributed by atoms with Crippen LogP contribution in [0.25, 0.3) is 0 Å². The van der Waals surface area contributed by atoms with Crippen LogP contribution in [0.3, 0.4) is 0 Å². The van der Waals surface area contributed by atoms with Crippen LogP contribution in [-0.2, 0) is 26.6 Å². The van der Waals surface area contributed by atoms with Gasteiger partial charge in [-0.3, -0.25) is 9.58 Å². The van der Waals surface area contributed by atoms with Gasteiger partial charge in [-0.2, -0.15) is 5.10 Å².